The van der Waals surface area contributed by atoms with Crippen LogP contribution in [0.15, 0.2) is 36.5 Å². The maximum absolute atomic E-state index is 14.9. The van der Waals surface area contributed by atoms with E-state index in [-0.39, 0.29) is 13.2 Å². The summed E-state index contributed by atoms with van der Waals surface area (Å²) in [5, 5.41) is 0.887. The van der Waals surface area contributed by atoms with Crippen LogP contribution in [0, 0.1) is 10.8 Å². The van der Waals surface area contributed by atoms with Gasteiger partial charge in [0.15, 0.2) is 0 Å². The van der Waals surface area contributed by atoms with Crippen molar-refractivity contribution in [3.05, 3.63) is 36.5 Å². The van der Waals surface area contributed by atoms with E-state index in [0.717, 1.165) is 10.9 Å². The molecule has 2 aromatic rings. The van der Waals surface area contributed by atoms with Crippen LogP contribution in [0.5, 0.6) is 5.75 Å². The lowest BCUT2D eigenvalue weighted by Gasteiger charge is -2.13. The van der Waals surface area contributed by atoms with Crippen molar-refractivity contribution in [1.82, 2.24) is 4.98 Å². The second kappa shape index (κ2) is 5.43. The molecule has 0 aliphatic heterocycles. The maximum atomic E-state index is 14.9. The van der Waals surface area contributed by atoms with Crippen LogP contribution in [0.3, 0.4) is 0 Å². The lowest BCUT2D eigenvalue weighted by molar-refractivity contribution is -0.155. The number of halogens is 1. The van der Waals surface area contributed by atoms with Gasteiger partial charge in [-0.15, -0.1) is 0 Å². The molecule has 0 N–H and O–H groups in total. The van der Waals surface area contributed by atoms with Crippen molar-refractivity contribution in [3.8, 4) is 5.75 Å². The molecule has 0 amide bonds. The molecule has 1 saturated carbocycles. The summed E-state index contributed by atoms with van der Waals surface area (Å²) in [6.45, 7) is 7.15. The van der Waals surface area contributed by atoms with Crippen molar-refractivity contribution in [1.29, 1.82) is 0 Å². The monoisotopic (exact) mass is 331 g/mol. The van der Waals surface area contributed by atoms with E-state index >= 15 is 0 Å². The first kappa shape index (κ1) is 16.7. The third kappa shape index (κ3) is 2.18. The lowest BCUT2D eigenvalue weighted by atomic mass is 10.0. The molecule has 0 saturated heterocycles. The number of alkyl halides is 1. The molecule has 128 valence electrons. The van der Waals surface area contributed by atoms with Gasteiger partial charge in [-0.1, -0.05) is 39.8 Å². The van der Waals surface area contributed by atoms with E-state index in [1.54, 1.807) is 40.0 Å². The van der Waals surface area contributed by atoms with Crippen LogP contribution in [-0.4, -0.2) is 29.8 Å². The second-order valence-electron chi connectivity index (χ2n) is 7.22. The smallest absolute Gasteiger partial charge is 0.345 e. The molecule has 0 radical (unpaired) electrons. The van der Waals surface area contributed by atoms with Crippen LogP contribution in [0.25, 0.3) is 10.9 Å². The average molecular weight is 331 g/mol. The van der Waals surface area contributed by atoms with Crippen molar-refractivity contribution in [3.63, 3.8) is 0 Å². The van der Waals surface area contributed by atoms with Crippen molar-refractivity contribution >= 4 is 16.9 Å². The van der Waals surface area contributed by atoms with E-state index in [0.29, 0.717) is 5.75 Å². The number of benzene rings is 1. The number of fused-ring (bicyclic) bond motifs is 1. The highest BCUT2D eigenvalue weighted by atomic mass is 19.1. The molecule has 1 fully saturated rings. The van der Waals surface area contributed by atoms with Gasteiger partial charge in [0.2, 0.25) is 5.67 Å². The fourth-order valence-corrected chi connectivity index (χ4v) is 3.34. The Morgan fingerprint density at radius 1 is 1.08 bits per heavy atom. The van der Waals surface area contributed by atoms with Gasteiger partial charge >= 0.3 is 5.97 Å². The van der Waals surface area contributed by atoms with Gasteiger partial charge in [0, 0.05) is 22.4 Å². The summed E-state index contributed by atoms with van der Waals surface area (Å²) < 4.78 is 25.7. The fourth-order valence-electron chi connectivity index (χ4n) is 3.34. The Bertz CT molecular complexity index is 766. The summed E-state index contributed by atoms with van der Waals surface area (Å²) >= 11 is 0. The number of hydrogen-bond acceptors (Lipinski definition) is 4. The maximum Gasteiger partial charge on any atom is 0.345 e. The van der Waals surface area contributed by atoms with Gasteiger partial charge in [0.05, 0.1) is 5.52 Å². The number of aromatic nitrogens is 1. The quantitative estimate of drug-likeness (QED) is 0.615. The molecular formula is C19H22FNO3. The summed E-state index contributed by atoms with van der Waals surface area (Å²) in [7, 11) is 0. The number of pyridine rings is 1. The Morgan fingerprint density at radius 2 is 1.75 bits per heavy atom. The summed E-state index contributed by atoms with van der Waals surface area (Å²) in [4.78, 5) is 16.4. The molecular weight excluding hydrogens is 309 g/mol. The summed E-state index contributed by atoms with van der Waals surface area (Å²) in [6, 6.07) is 9.37. The van der Waals surface area contributed by atoms with Crippen molar-refractivity contribution in [2.45, 2.75) is 33.4 Å². The highest BCUT2D eigenvalue weighted by Crippen LogP contribution is 2.74. The van der Waals surface area contributed by atoms with Crippen molar-refractivity contribution in [2.75, 3.05) is 13.2 Å². The molecule has 3 rings (SSSR count). The average Bonchev–Trinajstić information content (AvgIpc) is 2.89. The Balaban J connectivity index is 1.57. The predicted molar refractivity (Wildman–Crippen MR) is 89.6 cm³/mol. The van der Waals surface area contributed by atoms with Gasteiger partial charge in [-0.3, -0.25) is 4.98 Å². The van der Waals surface area contributed by atoms with Gasteiger partial charge in [0.1, 0.15) is 19.0 Å². The third-order valence-corrected chi connectivity index (χ3v) is 5.69. The topological polar surface area (TPSA) is 48.4 Å². The van der Waals surface area contributed by atoms with Crippen LogP contribution >= 0.6 is 0 Å². The minimum absolute atomic E-state index is 0.00726. The molecule has 1 aliphatic carbocycles. The predicted octanol–water partition coefficient (Wildman–Crippen LogP) is 3.93. The van der Waals surface area contributed by atoms with E-state index in [2.05, 4.69) is 4.98 Å². The molecule has 24 heavy (non-hydrogen) atoms. The van der Waals surface area contributed by atoms with E-state index in [9.17, 15) is 9.18 Å². The second-order valence-corrected chi connectivity index (χ2v) is 7.22. The van der Waals surface area contributed by atoms with E-state index in [1.807, 2.05) is 24.3 Å². The first-order chi connectivity index (χ1) is 11.2. The zero-order chi connectivity index (χ0) is 17.6. The highest BCUT2D eigenvalue weighted by Gasteiger charge is 2.84. The zero-order valence-electron chi connectivity index (χ0n) is 14.4. The number of carbonyl (C=O) groups excluding carboxylic acids is 1. The number of para-hydroxylation sites is 1. The number of rotatable bonds is 5. The largest absolute Gasteiger partial charge is 0.489 e. The van der Waals surface area contributed by atoms with Crippen molar-refractivity contribution in [2.24, 2.45) is 10.8 Å². The zero-order valence-corrected chi connectivity index (χ0v) is 14.4. The third-order valence-electron chi connectivity index (χ3n) is 5.69. The number of esters is 1. The van der Waals surface area contributed by atoms with Crippen LogP contribution < -0.4 is 4.74 Å². The first-order valence-corrected chi connectivity index (χ1v) is 8.06. The number of hydrogen-bond donors (Lipinski definition) is 0. The molecule has 5 heteroatoms. The molecule has 1 heterocycles. The van der Waals surface area contributed by atoms with E-state index < -0.39 is 22.5 Å². The van der Waals surface area contributed by atoms with Crippen LogP contribution in [0.1, 0.15) is 27.7 Å². The van der Waals surface area contributed by atoms with E-state index in [1.165, 1.54) is 0 Å². The molecule has 0 spiro atoms. The lowest BCUT2D eigenvalue weighted by Crippen LogP contribution is -2.29. The van der Waals surface area contributed by atoms with Gasteiger partial charge < -0.3 is 9.47 Å². The number of nitrogens with zero attached hydrogens (tertiary/aromatic N) is 1. The Labute approximate surface area is 141 Å². The van der Waals surface area contributed by atoms with Crippen LogP contribution in [0.4, 0.5) is 4.39 Å². The van der Waals surface area contributed by atoms with Crippen LogP contribution in [0.2, 0.25) is 0 Å². The minimum Gasteiger partial charge on any atom is -0.489 e. The normalized spacial score (nSPS) is 19.7. The molecule has 0 atom stereocenters. The molecule has 4 nitrogen and oxygen atoms in total. The summed E-state index contributed by atoms with van der Waals surface area (Å²) in [5.41, 5.74) is -2.56. The van der Waals surface area contributed by atoms with Gasteiger partial charge in [0.25, 0.3) is 0 Å². The molecule has 1 aromatic carbocycles. The number of carbonyl (C=O) groups is 1. The molecule has 1 aliphatic rings. The van der Waals surface area contributed by atoms with Crippen LogP contribution in [-0.2, 0) is 9.53 Å². The van der Waals surface area contributed by atoms with Crippen molar-refractivity contribution < 1.29 is 18.7 Å². The fraction of sp³-hybridized carbons (Fsp3) is 0.474. The SMILES string of the molecule is CC1(C)C(C)(C)C1(F)C(=O)OCCOc1ccnc2ccccc12. The molecule has 0 unspecified atom stereocenters. The van der Waals surface area contributed by atoms with E-state index in [4.69, 9.17) is 9.47 Å². The molecule has 1 aromatic heterocycles. The summed E-state index contributed by atoms with van der Waals surface area (Å²) in [6.07, 6.45) is 1.66. The van der Waals surface area contributed by atoms with Gasteiger partial charge in [-0.05, 0) is 18.2 Å². The first-order valence-electron chi connectivity index (χ1n) is 8.06. The summed E-state index contributed by atoms with van der Waals surface area (Å²) in [5.74, 6) is -0.139. The van der Waals surface area contributed by atoms with Gasteiger partial charge in [-0.2, -0.15) is 0 Å². The molecule has 0 bridgehead atoms. The minimum atomic E-state index is -1.94. The highest BCUT2D eigenvalue weighted by molar-refractivity contribution is 5.87. The Hall–Kier alpha value is -2.17. The Morgan fingerprint density at radius 3 is 2.42 bits per heavy atom. The van der Waals surface area contributed by atoms with Gasteiger partial charge in [-0.25, -0.2) is 9.18 Å². The standard InChI is InChI=1S/C19H22FNO3/c1-17(2)18(3,4)19(17,20)16(22)24-12-11-23-15-9-10-21-14-8-6-5-7-13(14)15/h5-10H,11-12H2,1-4H3. The Kier molecular flexibility index (Phi) is 3.78. The number of ether oxygens (including phenoxy) is 2.